The number of hydrogen-bond donors (Lipinski definition) is 1. The SMILES string of the molecule is CCC(CC)C(=O)N1CCC(C(=O)NCCCOC)CC1. The van der Waals surface area contributed by atoms with Crippen molar-refractivity contribution >= 4 is 11.8 Å². The second kappa shape index (κ2) is 9.77. The summed E-state index contributed by atoms with van der Waals surface area (Å²) in [6.45, 7) is 6.89. The van der Waals surface area contributed by atoms with E-state index in [0.29, 0.717) is 26.2 Å². The quantitative estimate of drug-likeness (QED) is 0.695. The van der Waals surface area contributed by atoms with Crippen molar-refractivity contribution in [1.82, 2.24) is 10.2 Å². The maximum Gasteiger partial charge on any atom is 0.225 e. The van der Waals surface area contributed by atoms with Crippen molar-refractivity contribution in [3.8, 4) is 0 Å². The van der Waals surface area contributed by atoms with Gasteiger partial charge in [-0.25, -0.2) is 0 Å². The lowest BCUT2D eigenvalue weighted by Crippen LogP contribution is -2.45. The topological polar surface area (TPSA) is 58.6 Å². The Bertz CT molecular complexity index is 321. The molecule has 0 unspecified atom stereocenters. The van der Waals surface area contributed by atoms with Gasteiger partial charge < -0.3 is 15.0 Å². The van der Waals surface area contributed by atoms with Crippen molar-refractivity contribution in [3.05, 3.63) is 0 Å². The number of likely N-dealkylation sites (tertiary alicyclic amines) is 1. The number of nitrogens with one attached hydrogen (secondary N) is 1. The van der Waals surface area contributed by atoms with Crippen molar-refractivity contribution in [1.29, 1.82) is 0 Å². The Kier molecular flexibility index (Phi) is 8.35. The van der Waals surface area contributed by atoms with Crippen molar-refractivity contribution in [2.45, 2.75) is 46.0 Å². The zero-order valence-corrected chi connectivity index (χ0v) is 13.7. The zero-order valence-electron chi connectivity index (χ0n) is 13.7. The molecule has 0 aliphatic carbocycles. The molecule has 122 valence electrons. The molecule has 1 heterocycles. The summed E-state index contributed by atoms with van der Waals surface area (Å²) in [4.78, 5) is 26.3. The molecule has 1 saturated heterocycles. The normalized spacial score (nSPS) is 16.3. The van der Waals surface area contributed by atoms with Crippen LogP contribution in [0.2, 0.25) is 0 Å². The Hall–Kier alpha value is -1.10. The molecule has 0 aromatic heterocycles. The van der Waals surface area contributed by atoms with Crippen LogP contribution in [-0.4, -0.2) is 50.1 Å². The third-order valence-corrected chi connectivity index (χ3v) is 4.34. The number of carbonyl (C=O) groups excluding carboxylic acids is 2. The van der Waals surface area contributed by atoms with Crippen molar-refractivity contribution in [2.75, 3.05) is 33.4 Å². The summed E-state index contributed by atoms with van der Waals surface area (Å²) in [6.07, 6.45) is 4.20. The molecule has 0 atom stereocenters. The largest absolute Gasteiger partial charge is 0.385 e. The van der Waals surface area contributed by atoms with E-state index in [1.807, 2.05) is 4.90 Å². The summed E-state index contributed by atoms with van der Waals surface area (Å²) in [5.74, 6) is 0.586. The predicted octanol–water partition coefficient (Wildman–Crippen LogP) is 1.81. The lowest BCUT2D eigenvalue weighted by molar-refractivity contribution is -0.139. The summed E-state index contributed by atoms with van der Waals surface area (Å²) in [5.41, 5.74) is 0. The molecule has 0 saturated carbocycles. The molecular formula is C16H30N2O3. The van der Waals surface area contributed by atoms with Gasteiger partial charge in [0.2, 0.25) is 11.8 Å². The molecule has 21 heavy (non-hydrogen) atoms. The molecule has 1 N–H and O–H groups in total. The van der Waals surface area contributed by atoms with Crippen LogP contribution in [0.4, 0.5) is 0 Å². The summed E-state index contributed by atoms with van der Waals surface area (Å²) in [7, 11) is 1.66. The van der Waals surface area contributed by atoms with Gasteiger partial charge in [0.1, 0.15) is 0 Å². The minimum absolute atomic E-state index is 0.0540. The van der Waals surface area contributed by atoms with Crippen LogP contribution < -0.4 is 5.32 Å². The number of nitrogens with zero attached hydrogens (tertiary/aromatic N) is 1. The molecule has 1 aliphatic heterocycles. The van der Waals surface area contributed by atoms with Gasteiger partial charge in [-0.1, -0.05) is 13.8 Å². The first kappa shape index (κ1) is 18.0. The third kappa shape index (κ3) is 5.65. The molecule has 2 amide bonds. The van der Waals surface area contributed by atoms with E-state index in [1.54, 1.807) is 7.11 Å². The first-order valence-corrected chi connectivity index (χ1v) is 8.19. The van der Waals surface area contributed by atoms with Gasteiger partial charge >= 0.3 is 0 Å². The van der Waals surface area contributed by atoms with Gasteiger partial charge in [-0.05, 0) is 32.1 Å². The van der Waals surface area contributed by atoms with Crippen LogP contribution in [0.3, 0.4) is 0 Å². The Morgan fingerprint density at radius 1 is 1.24 bits per heavy atom. The van der Waals surface area contributed by atoms with Gasteiger partial charge in [-0.15, -0.1) is 0 Å². The van der Waals surface area contributed by atoms with Gasteiger partial charge in [0.05, 0.1) is 0 Å². The number of carbonyl (C=O) groups is 2. The van der Waals surface area contributed by atoms with Gasteiger partial charge in [0.25, 0.3) is 0 Å². The fourth-order valence-electron chi connectivity index (χ4n) is 2.83. The molecule has 0 aromatic carbocycles. The molecule has 5 nitrogen and oxygen atoms in total. The highest BCUT2D eigenvalue weighted by Crippen LogP contribution is 2.21. The highest BCUT2D eigenvalue weighted by atomic mass is 16.5. The van der Waals surface area contributed by atoms with Crippen LogP contribution in [0, 0.1) is 11.8 Å². The molecule has 1 fully saturated rings. The second-order valence-electron chi connectivity index (χ2n) is 5.75. The van der Waals surface area contributed by atoms with E-state index in [9.17, 15) is 9.59 Å². The zero-order chi connectivity index (χ0) is 15.7. The van der Waals surface area contributed by atoms with Gasteiger partial charge in [-0.3, -0.25) is 9.59 Å². The van der Waals surface area contributed by atoms with Crippen LogP contribution in [0.5, 0.6) is 0 Å². The lowest BCUT2D eigenvalue weighted by Gasteiger charge is -2.33. The van der Waals surface area contributed by atoms with Crippen LogP contribution in [0.1, 0.15) is 46.0 Å². The van der Waals surface area contributed by atoms with Crippen LogP contribution in [0.15, 0.2) is 0 Å². The van der Waals surface area contributed by atoms with Crippen molar-refractivity contribution in [3.63, 3.8) is 0 Å². The van der Waals surface area contributed by atoms with Gasteiger partial charge in [0.15, 0.2) is 0 Å². The summed E-state index contributed by atoms with van der Waals surface area (Å²) < 4.78 is 4.96. The summed E-state index contributed by atoms with van der Waals surface area (Å²) in [6, 6.07) is 0. The number of methoxy groups -OCH3 is 1. The fraction of sp³-hybridized carbons (Fsp3) is 0.875. The maximum absolute atomic E-state index is 12.3. The Morgan fingerprint density at radius 2 is 1.86 bits per heavy atom. The number of rotatable bonds is 8. The first-order chi connectivity index (χ1) is 10.1. The van der Waals surface area contributed by atoms with Crippen molar-refractivity contribution < 1.29 is 14.3 Å². The molecule has 0 aromatic rings. The Labute approximate surface area is 128 Å². The minimum Gasteiger partial charge on any atom is -0.385 e. The molecule has 1 aliphatic rings. The average molecular weight is 298 g/mol. The maximum atomic E-state index is 12.3. The Morgan fingerprint density at radius 3 is 2.38 bits per heavy atom. The summed E-state index contributed by atoms with van der Waals surface area (Å²) in [5, 5.41) is 2.95. The van der Waals surface area contributed by atoms with Gasteiger partial charge in [0, 0.05) is 45.2 Å². The van der Waals surface area contributed by atoms with E-state index in [0.717, 1.165) is 32.1 Å². The molecule has 0 bridgehead atoms. The van der Waals surface area contributed by atoms with E-state index in [1.165, 1.54) is 0 Å². The highest BCUT2D eigenvalue weighted by molar-refractivity contribution is 5.81. The van der Waals surface area contributed by atoms with Crippen molar-refractivity contribution in [2.24, 2.45) is 11.8 Å². The van der Waals surface area contributed by atoms with Crippen LogP contribution in [-0.2, 0) is 14.3 Å². The second-order valence-corrected chi connectivity index (χ2v) is 5.75. The standard InChI is InChI=1S/C16H30N2O3/c1-4-13(5-2)16(20)18-10-7-14(8-11-18)15(19)17-9-6-12-21-3/h13-14H,4-12H2,1-3H3,(H,17,19). The van der Waals surface area contributed by atoms with E-state index >= 15 is 0 Å². The monoisotopic (exact) mass is 298 g/mol. The number of amides is 2. The Balaban J connectivity index is 2.31. The first-order valence-electron chi connectivity index (χ1n) is 8.19. The fourth-order valence-corrected chi connectivity index (χ4v) is 2.83. The molecule has 0 radical (unpaired) electrons. The molecule has 5 heteroatoms. The molecular weight excluding hydrogens is 268 g/mol. The van der Waals surface area contributed by atoms with E-state index in [4.69, 9.17) is 4.74 Å². The van der Waals surface area contributed by atoms with E-state index in [-0.39, 0.29) is 23.7 Å². The number of piperidine rings is 1. The number of ether oxygens (including phenoxy) is 1. The predicted molar refractivity (Wildman–Crippen MR) is 82.9 cm³/mol. The molecule has 0 spiro atoms. The van der Waals surface area contributed by atoms with Crippen LogP contribution >= 0.6 is 0 Å². The third-order valence-electron chi connectivity index (χ3n) is 4.34. The number of hydrogen-bond acceptors (Lipinski definition) is 3. The smallest absolute Gasteiger partial charge is 0.225 e. The lowest BCUT2D eigenvalue weighted by atomic mass is 9.93. The highest BCUT2D eigenvalue weighted by Gasteiger charge is 2.29. The van der Waals surface area contributed by atoms with E-state index < -0.39 is 0 Å². The van der Waals surface area contributed by atoms with E-state index in [2.05, 4.69) is 19.2 Å². The van der Waals surface area contributed by atoms with Gasteiger partial charge in [-0.2, -0.15) is 0 Å². The minimum atomic E-state index is 0.0540. The molecule has 1 rings (SSSR count). The van der Waals surface area contributed by atoms with Crippen LogP contribution in [0.25, 0.3) is 0 Å². The average Bonchev–Trinajstić information content (AvgIpc) is 2.52. The summed E-state index contributed by atoms with van der Waals surface area (Å²) >= 11 is 0.